The summed E-state index contributed by atoms with van der Waals surface area (Å²) in [5.41, 5.74) is 1.37. The topological polar surface area (TPSA) is 73.1 Å². The van der Waals surface area contributed by atoms with Crippen molar-refractivity contribution in [2.24, 2.45) is 5.92 Å². The molecule has 3 rings (SSSR count). The lowest BCUT2D eigenvalue weighted by molar-refractivity contribution is 0.0641. The molecule has 24 heavy (non-hydrogen) atoms. The number of nitriles is 1. The molecule has 0 spiro atoms. The predicted octanol–water partition coefficient (Wildman–Crippen LogP) is 3.30. The lowest BCUT2D eigenvalue weighted by Crippen LogP contribution is -2.28. The van der Waals surface area contributed by atoms with E-state index >= 15 is 0 Å². The van der Waals surface area contributed by atoms with Crippen LogP contribution in [0, 0.1) is 17.2 Å². The summed E-state index contributed by atoms with van der Waals surface area (Å²) in [6.07, 6.45) is 7.95. The Morgan fingerprint density at radius 1 is 1.25 bits per heavy atom. The molecule has 128 valence electrons. The molecule has 2 aliphatic carbocycles. The Hall–Kier alpha value is -1.86. The molecule has 2 aliphatic rings. The normalized spacial score (nSPS) is 24.8. The van der Waals surface area contributed by atoms with Gasteiger partial charge in [-0.05, 0) is 62.1 Å². The van der Waals surface area contributed by atoms with E-state index in [2.05, 4.69) is 11.4 Å². The van der Waals surface area contributed by atoms with Crippen LogP contribution >= 0.6 is 0 Å². The number of carbonyl (C=O) groups excluding carboxylic acids is 1. The Kier molecular flexibility index (Phi) is 5.20. The second-order valence-electron chi connectivity index (χ2n) is 7.28. The first-order valence-corrected chi connectivity index (χ1v) is 9.13. The van der Waals surface area contributed by atoms with E-state index < -0.39 is 0 Å². The minimum Gasteiger partial charge on any atom is -0.393 e. The highest BCUT2D eigenvalue weighted by Gasteiger charge is 2.44. The van der Waals surface area contributed by atoms with Gasteiger partial charge in [-0.3, -0.25) is 4.79 Å². The zero-order valence-corrected chi connectivity index (χ0v) is 14.1. The van der Waals surface area contributed by atoms with Crippen molar-refractivity contribution in [1.29, 1.82) is 5.26 Å². The predicted molar refractivity (Wildman–Crippen MR) is 92.5 cm³/mol. The molecule has 2 N–H and O–H groups in total. The summed E-state index contributed by atoms with van der Waals surface area (Å²) in [5, 5.41) is 22.1. The van der Waals surface area contributed by atoms with Gasteiger partial charge in [-0.2, -0.15) is 5.26 Å². The molecule has 0 saturated heterocycles. The highest BCUT2D eigenvalue weighted by atomic mass is 16.3. The Morgan fingerprint density at radius 3 is 2.58 bits per heavy atom. The third-order valence-corrected chi connectivity index (χ3v) is 5.57. The van der Waals surface area contributed by atoms with E-state index in [9.17, 15) is 15.2 Å². The Balaban J connectivity index is 1.43. The van der Waals surface area contributed by atoms with Crippen LogP contribution in [0.4, 0.5) is 0 Å². The molecule has 0 aliphatic heterocycles. The first-order chi connectivity index (χ1) is 11.6. The summed E-state index contributed by atoms with van der Waals surface area (Å²) in [6, 6.07) is 9.81. The fourth-order valence-corrected chi connectivity index (χ4v) is 3.72. The van der Waals surface area contributed by atoms with E-state index in [-0.39, 0.29) is 17.4 Å². The van der Waals surface area contributed by atoms with E-state index in [4.69, 9.17) is 0 Å². The molecule has 1 aromatic rings. The van der Waals surface area contributed by atoms with Crippen molar-refractivity contribution in [2.45, 2.75) is 62.9 Å². The van der Waals surface area contributed by atoms with Crippen molar-refractivity contribution in [3.05, 3.63) is 35.4 Å². The third kappa shape index (κ3) is 3.79. The van der Waals surface area contributed by atoms with E-state index in [1.807, 2.05) is 24.3 Å². The fraction of sp³-hybridized carbons (Fsp3) is 0.600. The lowest BCUT2D eigenvalue weighted by atomic mass is 9.83. The number of rotatable bonds is 6. The van der Waals surface area contributed by atoms with Crippen molar-refractivity contribution in [1.82, 2.24) is 5.32 Å². The van der Waals surface area contributed by atoms with Crippen LogP contribution in [0.25, 0.3) is 0 Å². The second-order valence-corrected chi connectivity index (χ2v) is 7.28. The Bertz CT molecular complexity index is 614. The fourth-order valence-electron chi connectivity index (χ4n) is 3.72. The quantitative estimate of drug-likeness (QED) is 0.788. The number of hydrogen-bond acceptors (Lipinski definition) is 3. The molecule has 1 amide bonds. The van der Waals surface area contributed by atoms with E-state index in [1.165, 1.54) is 6.42 Å². The smallest absolute Gasteiger partial charge is 0.251 e. The van der Waals surface area contributed by atoms with Crippen molar-refractivity contribution in [3.63, 3.8) is 0 Å². The molecule has 0 bridgehead atoms. The molecular formula is C20H26N2O2. The van der Waals surface area contributed by atoms with Gasteiger partial charge in [0.2, 0.25) is 0 Å². The molecule has 4 heteroatoms. The van der Waals surface area contributed by atoms with Gasteiger partial charge in [0.25, 0.3) is 5.91 Å². The van der Waals surface area contributed by atoms with Crippen molar-refractivity contribution < 1.29 is 9.90 Å². The van der Waals surface area contributed by atoms with Crippen molar-refractivity contribution >= 4 is 5.91 Å². The van der Waals surface area contributed by atoms with Crippen LogP contribution in [0.5, 0.6) is 0 Å². The van der Waals surface area contributed by atoms with E-state index in [0.717, 1.165) is 50.5 Å². The maximum absolute atomic E-state index is 12.2. The molecule has 2 fully saturated rings. The molecule has 2 saturated carbocycles. The SMILES string of the molecule is N#CC1(c2ccc(C(=O)NCCCC3CCCCC3O)cc2)CC1. The minimum atomic E-state index is -0.296. The van der Waals surface area contributed by atoms with Crippen LogP contribution in [0.15, 0.2) is 24.3 Å². The summed E-state index contributed by atoms with van der Waals surface area (Å²) in [5.74, 6) is 0.336. The van der Waals surface area contributed by atoms with Gasteiger partial charge in [0.15, 0.2) is 0 Å². The molecule has 0 aromatic heterocycles. The highest BCUT2D eigenvalue weighted by molar-refractivity contribution is 5.94. The lowest BCUT2D eigenvalue weighted by Gasteiger charge is -2.27. The number of aliphatic hydroxyl groups is 1. The van der Waals surface area contributed by atoms with Crippen molar-refractivity contribution in [2.75, 3.05) is 6.54 Å². The van der Waals surface area contributed by atoms with E-state index in [0.29, 0.717) is 18.0 Å². The summed E-state index contributed by atoms with van der Waals surface area (Å²) < 4.78 is 0. The third-order valence-electron chi connectivity index (χ3n) is 5.57. The zero-order valence-electron chi connectivity index (χ0n) is 14.1. The monoisotopic (exact) mass is 326 g/mol. The number of hydrogen-bond donors (Lipinski definition) is 2. The van der Waals surface area contributed by atoms with Crippen LogP contribution in [0.1, 0.15) is 67.3 Å². The average Bonchev–Trinajstić information content (AvgIpc) is 3.41. The first-order valence-electron chi connectivity index (χ1n) is 9.13. The van der Waals surface area contributed by atoms with Gasteiger partial charge in [-0.25, -0.2) is 0 Å². The van der Waals surface area contributed by atoms with Gasteiger partial charge in [0.1, 0.15) is 0 Å². The second kappa shape index (κ2) is 7.36. The van der Waals surface area contributed by atoms with Crippen LogP contribution < -0.4 is 5.32 Å². The molecule has 2 atom stereocenters. The van der Waals surface area contributed by atoms with Gasteiger partial charge < -0.3 is 10.4 Å². The van der Waals surface area contributed by atoms with Gasteiger partial charge in [0, 0.05) is 12.1 Å². The zero-order chi connectivity index (χ0) is 17.0. The highest BCUT2D eigenvalue weighted by Crippen LogP contribution is 2.47. The number of nitrogens with one attached hydrogen (secondary N) is 1. The largest absolute Gasteiger partial charge is 0.393 e. The Morgan fingerprint density at radius 2 is 1.96 bits per heavy atom. The van der Waals surface area contributed by atoms with Crippen LogP contribution in [-0.2, 0) is 5.41 Å². The van der Waals surface area contributed by atoms with Crippen LogP contribution in [0.3, 0.4) is 0 Å². The summed E-state index contributed by atoms with van der Waals surface area (Å²) >= 11 is 0. The standard InChI is InChI=1S/C20H26N2O2/c21-14-20(11-12-20)17-9-7-16(8-10-17)19(24)22-13-3-5-15-4-1-2-6-18(15)23/h7-10,15,18,23H,1-6,11-13H2,(H,22,24). The molecule has 2 unspecified atom stereocenters. The van der Waals surface area contributed by atoms with Gasteiger partial charge >= 0.3 is 0 Å². The number of aliphatic hydroxyl groups excluding tert-OH is 1. The summed E-state index contributed by atoms with van der Waals surface area (Å²) in [6.45, 7) is 0.645. The van der Waals surface area contributed by atoms with Gasteiger partial charge in [0.05, 0.1) is 17.6 Å². The maximum Gasteiger partial charge on any atom is 0.251 e. The molecule has 0 radical (unpaired) electrons. The number of benzene rings is 1. The Labute approximate surface area is 143 Å². The first kappa shape index (κ1) is 17.0. The number of carbonyl (C=O) groups is 1. The summed E-state index contributed by atoms with van der Waals surface area (Å²) in [4.78, 5) is 12.2. The minimum absolute atomic E-state index is 0.0625. The molecule has 4 nitrogen and oxygen atoms in total. The van der Waals surface area contributed by atoms with Crippen LogP contribution in [0.2, 0.25) is 0 Å². The van der Waals surface area contributed by atoms with Crippen molar-refractivity contribution in [3.8, 4) is 6.07 Å². The van der Waals surface area contributed by atoms with Crippen LogP contribution in [-0.4, -0.2) is 23.7 Å². The molecular weight excluding hydrogens is 300 g/mol. The maximum atomic E-state index is 12.2. The number of nitrogens with zero attached hydrogens (tertiary/aromatic N) is 1. The van der Waals surface area contributed by atoms with E-state index in [1.54, 1.807) is 0 Å². The number of amides is 1. The summed E-state index contributed by atoms with van der Waals surface area (Å²) in [7, 11) is 0. The molecule has 1 aromatic carbocycles. The van der Waals surface area contributed by atoms with Gasteiger partial charge in [-0.15, -0.1) is 0 Å². The average molecular weight is 326 g/mol. The molecule has 0 heterocycles. The van der Waals surface area contributed by atoms with Gasteiger partial charge in [-0.1, -0.05) is 25.0 Å².